The Hall–Kier alpha value is -1.40. The number of benzene rings is 1. The van der Waals surface area contributed by atoms with Crippen LogP contribution in [-0.4, -0.2) is 49.7 Å². The van der Waals surface area contributed by atoms with Crippen LogP contribution in [0.3, 0.4) is 0 Å². The molecule has 0 aromatic heterocycles. The minimum Gasteiger partial charge on any atom is -0.339 e. The van der Waals surface area contributed by atoms with Gasteiger partial charge in [0.05, 0.1) is 4.90 Å². The van der Waals surface area contributed by atoms with Crippen LogP contribution in [0.2, 0.25) is 0 Å². The first-order valence-corrected chi connectivity index (χ1v) is 10.2. The van der Waals surface area contributed by atoms with Crippen LogP contribution in [0.15, 0.2) is 29.2 Å². The molecule has 0 unspecified atom stereocenters. The smallest absolute Gasteiger partial charge is 0.253 e. The van der Waals surface area contributed by atoms with Gasteiger partial charge in [0.15, 0.2) is 0 Å². The molecule has 2 atom stereocenters. The summed E-state index contributed by atoms with van der Waals surface area (Å²) in [6, 6.07) is 6.43. The predicted octanol–water partition coefficient (Wildman–Crippen LogP) is 2.59. The third kappa shape index (κ3) is 3.49. The molecule has 0 aliphatic carbocycles. The number of hydrogen-bond acceptors (Lipinski definition) is 3. The molecule has 0 bridgehead atoms. The zero-order chi connectivity index (χ0) is 17.3. The quantitative estimate of drug-likeness (QED) is 0.842. The standard InChI is InChI=1S/C18H26N2O3S/c1-14-11-15(2)13-20(12-14)24(22,23)17-7-5-16(6-8-17)18(21)19-9-3-4-10-19/h5-8,14-15H,3-4,9-13H2,1-2H3/t14-,15-/m1/s1. The molecule has 0 radical (unpaired) electrons. The van der Waals surface area contributed by atoms with E-state index in [0.717, 1.165) is 32.4 Å². The van der Waals surface area contributed by atoms with Gasteiger partial charge >= 0.3 is 0 Å². The molecule has 0 spiro atoms. The van der Waals surface area contributed by atoms with Crippen LogP contribution in [0.4, 0.5) is 0 Å². The molecule has 1 aromatic carbocycles. The molecule has 2 fully saturated rings. The molecular weight excluding hydrogens is 324 g/mol. The Morgan fingerprint density at radius 2 is 1.54 bits per heavy atom. The Morgan fingerprint density at radius 1 is 1.00 bits per heavy atom. The Balaban J connectivity index is 1.78. The zero-order valence-electron chi connectivity index (χ0n) is 14.4. The van der Waals surface area contributed by atoms with Crippen molar-refractivity contribution < 1.29 is 13.2 Å². The van der Waals surface area contributed by atoms with Crippen LogP contribution in [0.1, 0.15) is 43.5 Å². The highest BCUT2D eigenvalue weighted by molar-refractivity contribution is 7.89. The fourth-order valence-electron chi connectivity index (χ4n) is 3.82. The van der Waals surface area contributed by atoms with E-state index < -0.39 is 10.0 Å². The van der Waals surface area contributed by atoms with Crippen LogP contribution < -0.4 is 0 Å². The monoisotopic (exact) mass is 350 g/mol. The van der Waals surface area contributed by atoms with Crippen molar-refractivity contribution in [2.45, 2.75) is 38.0 Å². The van der Waals surface area contributed by atoms with Crippen molar-refractivity contribution in [3.63, 3.8) is 0 Å². The maximum absolute atomic E-state index is 12.8. The van der Waals surface area contributed by atoms with Crippen molar-refractivity contribution in [1.29, 1.82) is 0 Å². The van der Waals surface area contributed by atoms with E-state index in [1.54, 1.807) is 28.6 Å². The lowest BCUT2D eigenvalue weighted by molar-refractivity contribution is 0.0792. The third-order valence-electron chi connectivity index (χ3n) is 4.97. The fourth-order valence-corrected chi connectivity index (χ4v) is 5.50. The maximum Gasteiger partial charge on any atom is 0.253 e. The third-order valence-corrected chi connectivity index (χ3v) is 6.81. The SMILES string of the molecule is C[C@@H]1C[C@@H](C)CN(S(=O)(=O)c2ccc(C(=O)N3CCCC3)cc2)C1. The van der Waals surface area contributed by atoms with Crippen molar-refractivity contribution >= 4 is 15.9 Å². The number of carbonyl (C=O) groups excluding carboxylic acids is 1. The van der Waals surface area contributed by atoms with E-state index in [-0.39, 0.29) is 10.8 Å². The lowest BCUT2D eigenvalue weighted by Gasteiger charge is -2.34. The molecule has 2 saturated heterocycles. The Morgan fingerprint density at radius 3 is 2.08 bits per heavy atom. The maximum atomic E-state index is 12.8. The number of carbonyl (C=O) groups is 1. The van der Waals surface area contributed by atoms with Crippen molar-refractivity contribution in [2.24, 2.45) is 11.8 Å². The van der Waals surface area contributed by atoms with Crippen molar-refractivity contribution in [1.82, 2.24) is 9.21 Å². The number of rotatable bonds is 3. The molecule has 0 N–H and O–H groups in total. The second kappa shape index (κ2) is 6.84. The number of sulfonamides is 1. The normalized spacial score (nSPS) is 25.8. The predicted molar refractivity (Wildman–Crippen MR) is 93.3 cm³/mol. The van der Waals surface area contributed by atoms with E-state index in [1.165, 1.54) is 0 Å². The van der Waals surface area contributed by atoms with Crippen LogP contribution in [-0.2, 0) is 10.0 Å². The molecule has 2 heterocycles. The summed E-state index contributed by atoms with van der Waals surface area (Å²) in [7, 11) is -3.48. The average Bonchev–Trinajstić information content (AvgIpc) is 3.08. The molecule has 0 saturated carbocycles. The minimum absolute atomic E-state index is 0.00309. The Kier molecular flexibility index (Phi) is 4.97. The Labute approximate surface area is 144 Å². The van der Waals surface area contributed by atoms with E-state index in [4.69, 9.17) is 0 Å². The molecule has 2 aliphatic heterocycles. The lowest BCUT2D eigenvalue weighted by Crippen LogP contribution is -2.42. The number of likely N-dealkylation sites (tertiary alicyclic amines) is 1. The van der Waals surface area contributed by atoms with Gasteiger partial charge in [-0.15, -0.1) is 0 Å². The molecule has 132 valence electrons. The van der Waals surface area contributed by atoms with E-state index in [0.29, 0.717) is 30.5 Å². The van der Waals surface area contributed by atoms with Crippen LogP contribution in [0, 0.1) is 11.8 Å². The van der Waals surface area contributed by atoms with Gasteiger partial charge in [-0.25, -0.2) is 8.42 Å². The summed E-state index contributed by atoms with van der Waals surface area (Å²) in [4.78, 5) is 14.5. The molecule has 1 aromatic rings. The highest BCUT2D eigenvalue weighted by Crippen LogP contribution is 2.27. The largest absolute Gasteiger partial charge is 0.339 e. The fraction of sp³-hybridized carbons (Fsp3) is 0.611. The summed E-state index contributed by atoms with van der Waals surface area (Å²) in [5.74, 6) is 0.746. The van der Waals surface area contributed by atoms with Gasteiger partial charge in [0, 0.05) is 31.7 Å². The average molecular weight is 350 g/mol. The first kappa shape index (κ1) is 17.4. The second-order valence-electron chi connectivity index (χ2n) is 7.29. The molecule has 2 aliphatic rings. The highest BCUT2D eigenvalue weighted by atomic mass is 32.2. The Bertz CT molecular complexity index is 683. The highest BCUT2D eigenvalue weighted by Gasteiger charge is 2.31. The van der Waals surface area contributed by atoms with Crippen molar-refractivity contribution in [3.8, 4) is 0 Å². The number of amides is 1. The molecule has 5 nitrogen and oxygen atoms in total. The zero-order valence-corrected chi connectivity index (χ0v) is 15.3. The summed E-state index contributed by atoms with van der Waals surface area (Å²) in [5.41, 5.74) is 0.566. The second-order valence-corrected chi connectivity index (χ2v) is 9.23. The van der Waals surface area contributed by atoms with Gasteiger partial charge in [-0.05, 0) is 55.4 Å². The summed E-state index contributed by atoms with van der Waals surface area (Å²) < 4.78 is 27.3. The van der Waals surface area contributed by atoms with Crippen LogP contribution in [0.5, 0.6) is 0 Å². The van der Waals surface area contributed by atoms with E-state index in [9.17, 15) is 13.2 Å². The van der Waals surface area contributed by atoms with Gasteiger partial charge in [-0.1, -0.05) is 13.8 Å². The van der Waals surface area contributed by atoms with Gasteiger partial charge in [0.25, 0.3) is 5.91 Å². The number of nitrogens with zero attached hydrogens (tertiary/aromatic N) is 2. The van der Waals surface area contributed by atoms with Gasteiger partial charge in [0.1, 0.15) is 0 Å². The summed E-state index contributed by atoms with van der Waals surface area (Å²) in [6.45, 7) is 6.92. The van der Waals surface area contributed by atoms with Crippen molar-refractivity contribution in [3.05, 3.63) is 29.8 Å². The number of piperidine rings is 1. The van der Waals surface area contributed by atoms with Gasteiger partial charge in [0.2, 0.25) is 10.0 Å². The van der Waals surface area contributed by atoms with Gasteiger partial charge in [-0.2, -0.15) is 4.31 Å². The minimum atomic E-state index is -3.48. The lowest BCUT2D eigenvalue weighted by atomic mass is 9.94. The van der Waals surface area contributed by atoms with Crippen LogP contribution in [0.25, 0.3) is 0 Å². The van der Waals surface area contributed by atoms with E-state index in [1.807, 2.05) is 4.90 Å². The summed E-state index contributed by atoms with van der Waals surface area (Å²) in [6.07, 6.45) is 3.16. The summed E-state index contributed by atoms with van der Waals surface area (Å²) >= 11 is 0. The van der Waals surface area contributed by atoms with E-state index in [2.05, 4.69) is 13.8 Å². The first-order chi connectivity index (χ1) is 11.4. The molecule has 6 heteroatoms. The van der Waals surface area contributed by atoms with Crippen molar-refractivity contribution in [2.75, 3.05) is 26.2 Å². The number of hydrogen-bond donors (Lipinski definition) is 0. The van der Waals surface area contributed by atoms with Gasteiger partial charge < -0.3 is 4.90 Å². The molecule has 3 rings (SSSR count). The van der Waals surface area contributed by atoms with E-state index >= 15 is 0 Å². The van der Waals surface area contributed by atoms with Crippen LogP contribution >= 0.6 is 0 Å². The van der Waals surface area contributed by atoms with Gasteiger partial charge in [-0.3, -0.25) is 4.79 Å². The molecule has 1 amide bonds. The topological polar surface area (TPSA) is 57.7 Å². The first-order valence-electron chi connectivity index (χ1n) is 8.77. The molecule has 24 heavy (non-hydrogen) atoms. The molecular formula is C18H26N2O3S. The summed E-state index contributed by atoms with van der Waals surface area (Å²) in [5, 5.41) is 0.